The van der Waals surface area contributed by atoms with Gasteiger partial charge in [-0.2, -0.15) is 0 Å². The van der Waals surface area contributed by atoms with E-state index in [-0.39, 0.29) is 5.91 Å². The van der Waals surface area contributed by atoms with E-state index in [4.69, 9.17) is 0 Å². The zero-order valence-corrected chi connectivity index (χ0v) is 17.4. The van der Waals surface area contributed by atoms with Crippen LogP contribution in [0.5, 0.6) is 0 Å². The molecule has 1 saturated heterocycles. The van der Waals surface area contributed by atoms with Gasteiger partial charge in [0.1, 0.15) is 0 Å². The molecule has 4 rings (SSSR count). The lowest BCUT2D eigenvalue weighted by molar-refractivity contribution is 0.102. The van der Waals surface area contributed by atoms with E-state index in [2.05, 4.69) is 32.7 Å². The third-order valence-corrected chi connectivity index (χ3v) is 5.63. The average Bonchev–Trinajstić information content (AvgIpc) is 2.80. The Balaban J connectivity index is 1.39. The van der Waals surface area contributed by atoms with Gasteiger partial charge in [0.05, 0.1) is 5.69 Å². The van der Waals surface area contributed by atoms with E-state index in [1.807, 2.05) is 55.6 Å². The lowest BCUT2D eigenvalue weighted by atomic mass is 9.99. The Morgan fingerprint density at radius 1 is 0.900 bits per heavy atom. The van der Waals surface area contributed by atoms with Crippen molar-refractivity contribution in [2.45, 2.75) is 19.8 Å². The molecular weight excluding hydrogens is 374 g/mol. The van der Waals surface area contributed by atoms with Crippen molar-refractivity contribution < 1.29 is 4.79 Å². The van der Waals surface area contributed by atoms with E-state index in [1.165, 1.54) is 12.8 Å². The van der Waals surface area contributed by atoms with Gasteiger partial charge in [-0.15, -0.1) is 10.2 Å². The molecule has 3 aromatic rings. The minimum Gasteiger partial charge on any atom is -0.388 e. The van der Waals surface area contributed by atoms with Crippen LogP contribution in [0.25, 0.3) is 11.3 Å². The molecule has 6 heteroatoms. The second-order valence-electron chi connectivity index (χ2n) is 7.81. The Kier molecular flexibility index (Phi) is 5.93. The number of nitrogens with zero attached hydrogens (tertiary/aromatic N) is 3. The summed E-state index contributed by atoms with van der Waals surface area (Å²) < 4.78 is 0. The fraction of sp³-hybridized carbons (Fsp3) is 0.292. The fourth-order valence-corrected chi connectivity index (χ4v) is 3.60. The number of hydrogen-bond donors (Lipinski definition) is 2. The number of amides is 1. The average molecular weight is 402 g/mol. The molecule has 1 amide bonds. The monoisotopic (exact) mass is 401 g/mol. The van der Waals surface area contributed by atoms with Crippen LogP contribution in [0.15, 0.2) is 60.7 Å². The maximum Gasteiger partial charge on any atom is 0.255 e. The van der Waals surface area contributed by atoms with Crippen LogP contribution in [0.4, 0.5) is 17.2 Å². The van der Waals surface area contributed by atoms with Crippen molar-refractivity contribution in [1.82, 2.24) is 10.2 Å². The molecule has 1 aliphatic rings. The number of benzene rings is 2. The third-order valence-electron chi connectivity index (χ3n) is 5.63. The van der Waals surface area contributed by atoms with Crippen LogP contribution in [0.1, 0.15) is 30.1 Å². The van der Waals surface area contributed by atoms with Gasteiger partial charge in [0.25, 0.3) is 5.91 Å². The number of carbonyl (C=O) groups is 1. The lowest BCUT2D eigenvalue weighted by Gasteiger charge is -2.30. The van der Waals surface area contributed by atoms with Crippen LogP contribution < -0.4 is 15.5 Å². The van der Waals surface area contributed by atoms with Gasteiger partial charge in [0.2, 0.25) is 0 Å². The van der Waals surface area contributed by atoms with Crippen LogP contribution in [0, 0.1) is 5.92 Å². The molecule has 1 aromatic heterocycles. The summed E-state index contributed by atoms with van der Waals surface area (Å²) in [5.41, 5.74) is 4.13. The van der Waals surface area contributed by atoms with Crippen LogP contribution in [-0.2, 0) is 0 Å². The number of hydrogen-bond acceptors (Lipinski definition) is 5. The molecule has 2 heterocycles. The van der Waals surface area contributed by atoms with Crippen LogP contribution in [0.3, 0.4) is 0 Å². The molecule has 0 atom stereocenters. The highest BCUT2D eigenvalue weighted by Crippen LogP contribution is 2.24. The van der Waals surface area contributed by atoms with Crippen LogP contribution in [-0.4, -0.2) is 36.2 Å². The molecule has 6 nitrogen and oxygen atoms in total. The van der Waals surface area contributed by atoms with Gasteiger partial charge in [0, 0.05) is 42.6 Å². The topological polar surface area (TPSA) is 70.2 Å². The van der Waals surface area contributed by atoms with Crippen molar-refractivity contribution in [2.75, 3.05) is 35.7 Å². The largest absolute Gasteiger partial charge is 0.388 e. The summed E-state index contributed by atoms with van der Waals surface area (Å²) in [6.07, 6.45) is 2.41. The van der Waals surface area contributed by atoms with E-state index in [0.29, 0.717) is 5.56 Å². The minimum absolute atomic E-state index is 0.134. The molecular formula is C24H27N5O. The molecule has 154 valence electrons. The second kappa shape index (κ2) is 8.95. The number of anilines is 3. The normalized spacial score (nSPS) is 14.4. The quantitative estimate of drug-likeness (QED) is 0.650. The Labute approximate surface area is 177 Å². The molecule has 0 saturated carbocycles. The smallest absolute Gasteiger partial charge is 0.255 e. The summed E-state index contributed by atoms with van der Waals surface area (Å²) in [4.78, 5) is 14.7. The lowest BCUT2D eigenvalue weighted by Crippen LogP contribution is -2.33. The van der Waals surface area contributed by atoms with Crippen molar-refractivity contribution in [3.8, 4) is 11.3 Å². The van der Waals surface area contributed by atoms with Gasteiger partial charge in [-0.05, 0) is 67.3 Å². The van der Waals surface area contributed by atoms with Crippen molar-refractivity contribution in [3.63, 3.8) is 0 Å². The summed E-state index contributed by atoms with van der Waals surface area (Å²) in [5, 5.41) is 14.8. The van der Waals surface area contributed by atoms with Crippen molar-refractivity contribution in [1.29, 1.82) is 0 Å². The van der Waals surface area contributed by atoms with E-state index in [9.17, 15) is 4.79 Å². The van der Waals surface area contributed by atoms with Crippen LogP contribution in [0.2, 0.25) is 0 Å². The Hall–Kier alpha value is -3.41. The van der Waals surface area contributed by atoms with Gasteiger partial charge in [-0.1, -0.05) is 19.1 Å². The first kappa shape index (κ1) is 19.9. The molecule has 1 aliphatic heterocycles. The maximum absolute atomic E-state index is 12.4. The molecule has 1 fully saturated rings. The molecule has 0 unspecified atom stereocenters. The van der Waals surface area contributed by atoms with Gasteiger partial charge < -0.3 is 15.5 Å². The summed E-state index contributed by atoms with van der Waals surface area (Å²) in [5.74, 6) is 1.60. The highest BCUT2D eigenvalue weighted by Gasteiger charge is 2.17. The Morgan fingerprint density at radius 2 is 1.57 bits per heavy atom. The van der Waals surface area contributed by atoms with Crippen molar-refractivity contribution in [2.24, 2.45) is 5.92 Å². The second-order valence-corrected chi connectivity index (χ2v) is 7.81. The first-order valence-corrected chi connectivity index (χ1v) is 10.4. The highest BCUT2D eigenvalue weighted by atomic mass is 16.1. The summed E-state index contributed by atoms with van der Waals surface area (Å²) >= 11 is 0. The molecule has 2 aromatic carbocycles. The summed E-state index contributed by atoms with van der Waals surface area (Å²) in [7, 11) is 1.85. The zero-order chi connectivity index (χ0) is 20.9. The van der Waals surface area contributed by atoms with E-state index in [0.717, 1.165) is 47.5 Å². The first-order chi connectivity index (χ1) is 14.6. The number of carbonyl (C=O) groups excluding carboxylic acids is 1. The number of rotatable bonds is 5. The van der Waals surface area contributed by atoms with Gasteiger partial charge in [0.15, 0.2) is 5.82 Å². The molecule has 0 bridgehead atoms. The maximum atomic E-state index is 12.4. The van der Waals surface area contributed by atoms with Crippen molar-refractivity contribution >= 4 is 23.1 Å². The predicted octanol–water partition coefficient (Wildman–Crippen LogP) is 4.67. The molecule has 2 N–H and O–H groups in total. The van der Waals surface area contributed by atoms with E-state index < -0.39 is 0 Å². The minimum atomic E-state index is -0.134. The fourth-order valence-electron chi connectivity index (χ4n) is 3.60. The standard InChI is InChI=1S/C24H27N5O/c1-17-13-15-29(16-14-17)23-12-11-22(27-28-23)18-3-9-21(10-4-18)26-24(30)19-5-7-20(25-2)8-6-19/h3-12,17,25H,13-16H2,1-2H3,(H,26,30). The Morgan fingerprint density at radius 3 is 2.17 bits per heavy atom. The number of piperidine rings is 1. The third kappa shape index (κ3) is 4.59. The highest BCUT2D eigenvalue weighted by molar-refractivity contribution is 6.04. The van der Waals surface area contributed by atoms with Gasteiger partial charge in [-0.25, -0.2) is 0 Å². The first-order valence-electron chi connectivity index (χ1n) is 10.4. The molecule has 0 aliphatic carbocycles. The SMILES string of the molecule is CNc1ccc(C(=O)Nc2ccc(-c3ccc(N4CCC(C)CC4)nn3)cc2)cc1. The molecule has 30 heavy (non-hydrogen) atoms. The number of aromatic nitrogens is 2. The molecule has 0 spiro atoms. The van der Waals surface area contributed by atoms with Crippen LogP contribution >= 0.6 is 0 Å². The van der Waals surface area contributed by atoms with E-state index >= 15 is 0 Å². The van der Waals surface area contributed by atoms with Gasteiger partial charge in [-0.3, -0.25) is 4.79 Å². The van der Waals surface area contributed by atoms with E-state index in [1.54, 1.807) is 12.1 Å². The number of nitrogens with one attached hydrogen (secondary N) is 2. The zero-order valence-electron chi connectivity index (χ0n) is 17.4. The summed E-state index contributed by atoms with van der Waals surface area (Å²) in [6, 6.07) is 19.1. The molecule has 0 radical (unpaired) electrons. The van der Waals surface area contributed by atoms with Crippen molar-refractivity contribution in [3.05, 3.63) is 66.2 Å². The Bertz CT molecular complexity index is 976. The summed E-state index contributed by atoms with van der Waals surface area (Å²) in [6.45, 7) is 4.39. The van der Waals surface area contributed by atoms with Gasteiger partial charge >= 0.3 is 0 Å². The predicted molar refractivity (Wildman–Crippen MR) is 122 cm³/mol.